The molecule has 0 aromatic rings. The third-order valence-corrected chi connectivity index (χ3v) is 3.79. The van der Waals surface area contributed by atoms with E-state index in [-0.39, 0.29) is 0 Å². The van der Waals surface area contributed by atoms with Gasteiger partial charge in [0.1, 0.15) is 5.54 Å². The molecule has 0 amide bonds. The highest BCUT2D eigenvalue weighted by Crippen LogP contribution is 2.32. The van der Waals surface area contributed by atoms with Crippen LogP contribution in [0.5, 0.6) is 0 Å². The fraction of sp³-hybridized carbons (Fsp3) is 0.917. The number of carboxylic acids is 1. The highest BCUT2D eigenvalue weighted by atomic mass is 16.5. The highest BCUT2D eigenvalue weighted by molar-refractivity contribution is 5.79. The molecule has 1 rings (SSSR count). The molecule has 0 saturated heterocycles. The molecular weight excluding hydrogens is 220 g/mol. The maximum Gasteiger partial charge on any atom is 0.323 e. The van der Waals surface area contributed by atoms with Crippen molar-refractivity contribution in [3.63, 3.8) is 0 Å². The van der Waals surface area contributed by atoms with Crippen molar-refractivity contribution in [2.45, 2.75) is 37.8 Å². The Kier molecular flexibility index (Phi) is 5.36. The number of nitrogens with zero attached hydrogens (tertiary/aromatic N) is 1. The highest BCUT2D eigenvalue weighted by Gasteiger charge is 2.45. The Labute approximate surface area is 103 Å². The van der Waals surface area contributed by atoms with Crippen LogP contribution in [-0.4, -0.2) is 61.4 Å². The summed E-state index contributed by atoms with van der Waals surface area (Å²) in [5, 5.41) is 12.2. The van der Waals surface area contributed by atoms with Crippen LogP contribution in [0.25, 0.3) is 0 Å². The van der Waals surface area contributed by atoms with Crippen LogP contribution in [0, 0.1) is 0 Å². The van der Waals surface area contributed by atoms with Gasteiger partial charge in [0.25, 0.3) is 0 Å². The number of hydrogen-bond acceptors (Lipinski definition) is 4. The normalized spacial score (nSPS) is 28.8. The minimum Gasteiger partial charge on any atom is -0.480 e. The zero-order chi connectivity index (χ0) is 12.9. The van der Waals surface area contributed by atoms with E-state index >= 15 is 0 Å². The molecular formula is C12H24N2O3. The first-order chi connectivity index (χ1) is 8.05. The molecule has 0 heterocycles. The number of aliphatic carboxylic acids is 1. The second-order valence-electron chi connectivity index (χ2n) is 4.71. The monoisotopic (exact) mass is 244 g/mol. The van der Waals surface area contributed by atoms with Gasteiger partial charge in [-0.25, -0.2) is 0 Å². The molecule has 0 spiro atoms. The number of ether oxygens (including phenoxy) is 1. The minimum atomic E-state index is -0.735. The van der Waals surface area contributed by atoms with Crippen molar-refractivity contribution in [1.82, 2.24) is 10.2 Å². The van der Waals surface area contributed by atoms with Gasteiger partial charge in [-0.2, -0.15) is 0 Å². The standard InChI is InChI=1S/C12H24N2O3/c1-4-17-8-7-14(3)10-5-6-12(9-10,13-2)11(15)16/h10,13H,4-9H2,1-3H3,(H,15,16). The first-order valence-corrected chi connectivity index (χ1v) is 6.26. The summed E-state index contributed by atoms with van der Waals surface area (Å²) in [5.41, 5.74) is -0.732. The third kappa shape index (κ3) is 3.40. The van der Waals surface area contributed by atoms with Gasteiger partial charge in [-0.3, -0.25) is 4.79 Å². The van der Waals surface area contributed by atoms with Crippen molar-refractivity contribution in [3.05, 3.63) is 0 Å². The number of nitrogens with one attached hydrogen (secondary N) is 1. The van der Waals surface area contributed by atoms with Crippen LogP contribution >= 0.6 is 0 Å². The Morgan fingerprint density at radius 2 is 2.35 bits per heavy atom. The van der Waals surface area contributed by atoms with Gasteiger partial charge < -0.3 is 20.1 Å². The van der Waals surface area contributed by atoms with E-state index in [4.69, 9.17) is 4.74 Å². The van der Waals surface area contributed by atoms with E-state index in [1.54, 1.807) is 7.05 Å². The molecule has 1 saturated carbocycles. The Bertz CT molecular complexity index is 260. The van der Waals surface area contributed by atoms with Crippen LogP contribution < -0.4 is 5.32 Å². The largest absolute Gasteiger partial charge is 0.480 e. The van der Waals surface area contributed by atoms with Crippen molar-refractivity contribution in [2.24, 2.45) is 0 Å². The average molecular weight is 244 g/mol. The van der Waals surface area contributed by atoms with E-state index < -0.39 is 11.5 Å². The predicted octanol–water partition coefficient (Wildman–Crippen LogP) is 0.550. The van der Waals surface area contributed by atoms with Crippen molar-refractivity contribution < 1.29 is 14.6 Å². The van der Waals surface area contributed by atoms with Gasteiger partial charge in [0.05, 0.1) is 6.61 Å². The second-order valence-corrected chi connectivity index (χ2v) is 4.71. The maximum absolute atomic E-state index is 11.3. The fourth-order valence-electron chi connectivity index (χ4n) is 2.46. The summed E-state index contributed by atoms with van der Waals surface area (Å²) < 4.78 is 5.32. The van der Waals surface area contributed by atoms with Crippen LogP contribution in [0.2, 0.25) is 0 Å². The molecule has 1 aliphatic rings. The lowest BCUT2D eigenvalue weighted by atomic mass is 9.98. The van der Waals surface area contributed by atoms with Crippen molar-refractivity contribution in [3.8, 4) is 0 Å². The van der Waals surface area contributed by atoms with Crippen molar-refractivity contribution >= 4 is 5.97 Å². The summed E-state index contributed by atoms with van der Waals surface area (Å²) in [6, 6.07) is 0.332. The van der Waals surface area contributed by atoms with Gasteiger partial charge in [-0.15, -0.1) is 0 Å². The molecule has 0 aliphatic heterocycles. The average Bonchev–Trinajstić information content (AvgIpc) is 2.75. The van der Waals surface area contributed by atoms with Gasteiger partial charge in [0.15, 0.2) is 0 Å². The van der Waals surface area contributed by atoms with Crippen molar-refractivity contribution in [2.75, 3.05) is 33.9 Å². The summed E-state index contributed by atoms with van der Waals surface area (Å²) in [6.45, 7) is 4.28. The molecule has 5 nitrogen and oxygen atoms in total. The van der Waals surface area contributed by atoms with E-state index in [0.29, 0.717) is 25.5 Å². The summed E-state index contributed by atoms with van der Waals surface area (Å²) >= 11 is 0. The number of hydrogen-bond donors (Lipinski definition) is 2. The molecule has 100 valence electrons. The number of carboxylic acid groups (broad SMARTS) is 1. The van der Waals surface area contributed by atoms with Crippen LogP contribution in [0.3, 0.4) is 0 Å². The van der Waals surface area contributed by atoms with E-state index in [0.717, 1.165) is 19.6 Å². The smallest absolute Gasteiger partial charge is 0.323 e. The Morgan fingerprint density at radius 3 is 2.82 bits per heavy atom. The fourth-order valence-corrected chi connectivity index (χ4v) is 2.46. The third-order valence-electron chi connectivity index (χ3n) is 3.79. The summed E-state index contributed by atoms with van der Waals surface area (Å²) in [4.78, 5) is 13.5. The lowest BCUT2D eigenvalue weighted by molar-refractivity contribution is -0.144. The lowest BCUT2D eigenvalue weighted by Crippen LogP contribution is -2.49. The van der Waals surface area contributed by atoms with Gasteiger partial charge in [0, 0.05) is 19.2 Å². The SMILES string of the molecule is CCOCCN(C)C1CCC(NC)(C(=O)O)C1. The van der Waals surface area contributed by atoms with E-state index in [1.165, 1.54) is 0 Å². The predicted molar refractivity (Wildman–Crippen MR) is 66.2 cm³/mol. The molecule has 2 N–H and O–H groups in total. The summed E-state index contributed by atoms with van der Waals surface area (Å²) in [5.74, 6) is -0.735. The summed E-state index contributed by atoms with van der Waals surface area (Å²) in [7, 11) is 3.77. The van der Waals surface area contributed by atoms with Crippen LogP contribution in [0.15, 0.2) is 0 Å². The first kappa shape index (κ1) is 14.4. The van der Waals surface area contributed by atoms with E-state index in [2.05, 4.69) is 10.2 Å². The quantitative estimate of drug-likeness (QED) is 0.640. The number of rotatable bonds is 7. The van der Waals surface area contributed by atoms with Crippen LogP contribution in [0.1, 0.15) is 26.2 Å². The molecule has 2 atom stereocenters. The summed E-state index contributed by atoms with van der Waals surface area (Å²) in [6.07, 6.45) is 2.29. The number of carbonyl (C=O) groups is 1. The molecule has 1 aliphatic carbocycles. The zero-order valence-corrected chi connectivity index (χ0v) is 11.0. The number of likely N-dealkylation sites (N-methyl/N-ethyl adjacent to an activating group) is 2. The van der Waals surface area contributed by atoms with Gasteiger partial charge in [0.2, 0.25) is 0 Å². The van der Waals surface area contributed by atoms with Gasteiger partial charge in [-0.05, 0) is 40.3 Å². The van der Waals surface area contributed by atoms with Crippen molar-refractivity contribution in [1.29, 1.82) is 0 Å². The molecule has 2 unspecified atom stereocenters. The molecule has 17 heavy (non-hydrogen) atoms. The Balaban J connectivity index is 2.45. The zero-order valence-electron chi connectivity index (χ0n) is 11.0. The van der Waals surface area contributed by atoms with E-state index in [1.807, 2.05) is 14.0 Å². The Hall–Kier alpha value is -0.650. The van der Waals surface area contributed by atoms with E-state index in [9.17, 15) is 9.90 Å². The van der Waals surface area contributed by atoms with Gasteiger partial charge in [-0.1, -0.05) is 0 Å². The first-order valence-electron chi connectivity index (χ1n) is 6.26. The molecule has 0 radical (unpaired) electrons. The molecule has 0 aromatic heterocycles. The van der Waals surface area contributed by atoms with Crippen LogP contribution in [-0.2, 0) is 9.53 Å². The van der Waals surface area contributed by atoms with Gasteiger partial charge >= 0.3 is 5.97 Å². The molecule has 1 fully saturated rings. The molecule has 0 aromatic carbocycles. The minimum absolute atomic E-state index is 0.332. The second kappa shape index (κ2) is 6.33. The Morgan fingerprint density at radius 1 is 1.65 bits per heavy atom. The topological polar surface area (TPSA) is 61.8 Å². The molecule has 0 bridgehead atoms. The maximum atomic E-state index is 11.3. The lowest BCUT2D eigenvalue weighted by Gasteiger charge is -2.27. The molecule has 5 heteroatoms. The van der Waals surface area contributed by atoms with Crippen LogP contribution in [0.4, 0.5) is 0 Å².